The molecule has 0 fully saturated rings. The molecule has 90 valence electrons. The minimum absolute atomic E-state index is 0.176. The first-order valence-corrected chi connectivity index (χ1v) is 5.62. The molecule has 0 amide bonds. The standard InChI is InChI=1S/C12H20FN3/c1-4-15-12(5-6-16(2)3)10-7-11(13)9-14-8-10/h7-9,12,15H,4-6H2,1-3H3. The molecule has 0 aliphatic heterocycles. The molecule has 1 heterocycles. The van der Waals surface area contributed by atoms with Crippen molar-refractivity contribution in [2.45, 2.75) is 19.4 Å². The van der Waals surface area contributed by atoms with Crippen LogP contribution in [-0.4, -0.2) is 37.1 Å². The van der Waals surface area contributed by atoms with E-state index < -0.39 is 0 Å². The molecule has 0 radical (unpaired) electrons. The normalized spacial score (nSPS) is 13.1. The third kappa shape index (κ3) is 4.24. The van der Waals surface area contributed by atoms with Gasteiger partial charge in [0, 0.05) is 12.2 Å². The Morgan fingerprint density at radius 1 is 1.44 bits per heavy atom. The Balaban J connectivity index is 2.68. The molecule has 1 unspecified atom stereocenters. The van der Waals surface area contributed by atoms with Crippen molar-refractivity contribution in [3.63, 3.8) is 0 Å². The summed E-state index contributed by atoms with van der Waals surface area (Å²) < 4.78 is 13.1. The molecular formula is C12H20FN3. The summed E-state index contributed by atoms with van der Waals surface area (Å²) in [5, 5.41) is 3.35. The zero-order chi connectivity index (χ0) is 12.0. The minimum atomic E-state index is -0.273. The lowest BCUT2D eigenvalue weighted by Crippen LogP contribution is -2.25. The topological polar surface area (TPSA) is 28.2 Å². The predicted octanol–water partition coefficient (Wildman–Crippen LogP) is 1.82. The Labute approximate surface area is 96.7 Å². The van der Waals surface area contributed by atoms with Crippen molar-refractivity contribution in [3.05, 3.63) is 29.8 Å². The Morgan fingerprint density at radius 3 is 2.75 bits per heavy atom. The van der Waals surface area contributed by atoms with E-state index in [9.17, 15) is 4.39 Å². The number of nitrogens with one attached hydrogen (secondary N) is 1. The van der Waals surface area contributed by atoms with Gasteiger partial charge in [0.25, 0.3) is 0 Å². The fourth-order valence-electron chi connectivity index (χ4n) is 1.64. The Kier molecular flexibility index (Phi) is 5.35. The number of hydrogen-bond acceptors (Lipinski definition) is 3. The molecule has 3 nitrogen and oxygen atoms in total. The molecule has 16 heavy (non-hydrogen) atoms. The Morgan fingerprint density at radius 2 is 2.19 bits per heavy atom. The molecular weight excluding hydrogens is 205 g/mol. The largest absolute Gasteiger partial charge is 0.310 e. The molecule has 0 aliphatic carbocycles. The third-order valence-corrected chi connectivity index (χ3v) is 2.44. The molecule has 0 aromatic carbocycles. The summed E-state index contributed by atoms with van der Waals surface area (Å²) in [6, 6.07) is 1.73. The van der Waals surface area contributed by atoms with Gasteiger partial charge in [0.1, 0.15) is 5.82 Å². The van der Waals surface area contributed by atoms with Gasteiger partial charge in [-0.25, -0.2) is 4.39 Å². The van der Waals surface area contributed by atoms with E-state index in [1.54, 1.807) is 12.3 Å². The van der Waals surface area contributed by atoms with Crippen LogP contribution in [0.5, 0.6) is 0 Å². The summed E-state index contributed by atoms with van der Waals surface area (Å²) in [6.45, 7) is 3.89. The van der Waals surface area contributed by atoms with Crippen molar-refractivity contribution in [2.24, 2.45) is 0 Å². The van der Waals surface area contributed by atoms with Crippen LogP contribution in [0.15, 0.2) is 18.5 Å². The maximum atomic E-state index is 13.1. The summed E-state index contributed by atoms with van der Waals surface area (Å²) in [5.74, 6) is -0.273. The van der Waals surface area contributed by atoms with Crippen LogP contribution < -0.4 is 5.32 Å². The minimum Gasteiger partial charge on any atom is -0.310 e. The van der Waals surface area contributed by atoms with E-state index >= 15 is 0 Å². The van der Waals surface area contributed by atoms with Crippen molar-refractivity contribution in [1.82, 2.24) is 15.2 Å². The molecule has 1 aromatic rings. The van der Waals surface area contributed by atoms with E-state index in [0.29, 0.717) is 0 Å². The lowest BCUT2D eigenvalue weighted by molar-refractivity contribution is 0.362. The van der Waals surface area contributed by atoms with E-state index in [2.05, 4.69) is 22.1 Å². The fourth-order valence-corrected chi connectivity index (χ4v) is 1.64. The quantitative estimate of drug-likeness (QED) is 0.800. The highest BCUT2D eigenvalue weighted by atomic mass is 19.1. The first-order valence-electron chi connectivity index (χ1n) is 5.62. The van der Waals surface area contributed by atoms with E-state index in [1.807, 2.05) is 14.1 Å². The number of nitrogens with zero attached hydrogens (tertiary/aromatic N) is 2. The van der Waals surface area contributed by atoms with Gasteiger partial charge >= 0.3 is 0 Å². The van der Waals surface area contributed by atoms with Crippen LogP contribution in [-0.2, 0) is 0 Å². The zero-order valence-electron chi connectivity index (χ0n) is 10.2. The van der Waals surface area contributed by atoms with Crippen LogP contribution >= 0.6 is 0 Å². The molecule has 1 aromatic heterocycles. The predicted molar refractivity (Wildman–Crippen MR) is 63.8 cm³/mol. The summed E-state index contributed by atoms with van der Waals surface area (Å²) in [5.41, 5.74) is 0.920. The maximum Gasteiger partial charge on any atom is 0.141 e. The van der Waals surface area contributed by atoms with Gasteiger partial charge < -0.3 is 10.2 Å². The van der Waals surface area contributed by atoms with Crippen LogP contribution in [0.4, 0.5) is 4.39 Å². The summed E-state index contributed by atoms with van der Waals surface area (Å²) in [4.78, 5) is 6.01. The maximum absolute atomic E-state index is 13.1. The lowest BCUT2D eigenvalue weighted by Gasteiger charge is -2.20. The molecule has 0 bridgehead atoms. The van der Waals surface area contributed by atoms with Gasteiger partial charge in [0.2, 0.25) is 0 Å². The number of aromatic nitrogens is 1. The molecule has 0 saturated carbocycles. The van der Waals surface area contributed by atoms with Crippen LogP contribution in [0.2, 0.25) is 0 Å². The van der Waals surface area contributed by atoms with Crippen molar-refractivity contribution in [2.75, 3.05) is 27.2 Å². The molecule has 0 spiro atoms. The Hall–Kier alpha value is -1.00. The van der Waals surface area contributed by atoms with Gasteiger partial charge in [-0.2, -0.15) is 0 Å². The van der Waals surface area contributed by atoms with E-state index in [4.69, 9.17) is 0 Å². The van der Waals surface area contributed by atoms with Crippen molar-refractivity contribution in [3.8, 4) is 0 Å². The third-order valence-electron chi connectivity index (χ3n) is 2.44. The monoisotopic (exact) mass is 225 g/mol. The number of rotatable bonds is 6. The van der Waals surface area contributed by atoms with Gasteiger partial charge in [0.15, 0.2) is 0 Å². The average Bonchev–Trinajstić information content (AvgIpc) is 2.24. The average molecular weight is 225 g/mol. The summed E-state index contributed by atoms with van der Waals surface area (Å²) in [7, 11) is 4.07. The summed E-state index contributed by atoms with van der Waals surface area (Å²) in [6.07, 6.45) is 3.91. The second-order valence-electron chi connectivity index (χ2n) is 4.14. The fraction of sp³-hybridized carbons (Fsp3) is 0.583. The van der Waals surface area contributed by atoms with Crippen molar-refractivity contribution in [1.29, 1.82) is 0 Å². The molecule has 0 saturated heterocycles. The van der Waals surface area contributed by atoms with E-state index in [1.165, 1.54) is 6.20 Å². The zero-order valence-corrected chi connectivity index (χ0v) is 10.2. The van der Waals surface area contributed by atoms with Gasteiger partial charge in [-0.1, -0.05) is 6.92 Å². The van der Waals surface area contributed by atoms with Gasteiger partial charge in [0.05, 0.1) is 6.20 Å². The van der Waals surface area contributed by atoms with Gasteiger partial charge in [-0.05, 0) is 45.2 Å². The van der Waals surface area contributed by atoms with Crippen LogP contribution in [0, 0.1) is 5.82 Å². The van der Waals surface area contributed by atoms with Crippen LogP contribution in [0.1, 0.15) is 24.9 Å². The second kappa shape index (κ2) is 6.55. The van der Waals surface area contributed by atoms with Crippen LogP contribution in [0.25, 0.3) is 0 Å². The number of hydrogen-bond donors (Lipinski definition) is 1. The number of pyridine rings is 1. The SMILES string of the molecule is CCNC(CCN(C)C)c1cncc(F)c1. The highest BCUT2D eigenvalue weighted by Gasteiger charge is 2.11. The lowest BCUT2D eigenvalue weighted by atomic mass is 10.1. The summed E-state index contributed by atoms with van der Waals surface area (Å²) >= 11 is 0. The highest BCUT2D eigenvalue weighted by molar-refractivity contribution is 5.15. The number of halogens is 1. The molecule has 0 aliphatic rings. The molecule has 1 N–H and O–H groups in total. The van der Waals surface area contributed by atoms with E-state index in [-0.39, 0.29) is 11.9 Å². The molecule has 1 rings (SSSR count). The van der Waals surface area contributed by atoms with E-state index in [0.717, 1.165) is 25.1 Å². The first kappa shape index (κ1) is 13.1. The molecule has 1 atom stereocenters. The van der Waals surface area contributed by atoms with Crippen molar-refractivity contribution >= 4 is 0 Å². The second-order valence-corrected chi connectivity index (χ2v) is 4.14. The van der Waals surface area contributed by atoms with Gasteiger partial charge in [-0.15, -0.1) is 0 Å². The van der Waals surface area contributed by atoms with Gasteiger partial charge in [-0.3, -0.25) is 4.98 Å². The molecule has 4 heteroatoms. The van der Waals surface area contributed by atoms with Crippen LogP contribution in [0.3, 0.4) is 0 Å². The first-order chi connectivity index (χ1) is 7.63. The van der Waals surface area contributed by atoms with Crippen molar-refractivity contribution < 1.29 is 4.39 Å². The smallest absolute Gasteiger partial charge is 0.141 e. The highest BCUT2D eigenvalue weighted by Crippen LogP contribution is 2.16. The Bertz CT molecular complexity index is 315.